The number of aromatic nitrogens is 1. The van der Waals surface area contributed by atoms with Crippen LogP contribution >= 0.6 is 0 Å². The molecule has 3 aliphatic rings. The van der Waals surface area contributed by atoms with E-state index in [9.17, 15) is 9.90 Å². The third-order valence-corrected chi connectivity index (χ3v) is 8.90. The Bertz CT molecular complexity index is 1400. The normalized spacial score (nSPS) is 20.4. The first-order chi connectivity index (χ1) is 19.4. The van der Waals surface area contributed by atoms with Gasteiger partial charge in [0.05, 0.1) is 13.0 Å². The number of aryl methyl sites for hydroxylation is 1. The molecule has 3 heterocycles. The number of ether oxygens (including phenoxy) is 2. The van der Waals surface area contributed by atoms with E-state index in [0.29, 0.717) is 23.8 Å². The maximum Gasteiger partial charge on any atom is 0.306 e. The molecule has 2 aromatic carbocycles. The van der Waals surface area contributed by atoms with Gasteiger partial charge in [-0.05, 0) is 116 Å². The van der Waals surface area contributed by atoms with Gasteiger partial charge < -0.3 is 14.6 Å². The second-order valence-electron chi connectivity index (χ2n) is 11.6. The van der Waals surface area contributed by atoms with Crippen molar-refractivity contribution < 1.29 is 23.8 Å². The summed E-state index contributed by atoms with van der Waals surface area (Å²) in [5.74, 6) is 0.0960. The zero-order valence-corrected chi connectivity index (χ0v) is 23.2. The molecule has 1 aliphatic carbocycles. The second kappa shape index (κ2) is 11.2. The van der Waals surface area contributed by atoms with Crippen LogP contribution in [-0.4, -0.2) is 41.2 Å². The Hall–Kier alpha value is -3.45. The topological polar surface area (TPSA) is 71.9 Å². The minimum atomic E-state index is -0.770. The van der Waals surface area contributed by atoms with Crippen molar-refractivity contribution in [3.8, 4) is 22.8 Å². The molecule has 0 spiro atoms. The molecular formula is C33H37FN2O4. The van der Waals surface area contributed by atoms with Crippen molar-refractivity contribution in [2.45, 2.75) is 64.0 Å². The van der Waals surface area contributed by atoms with Gasteiger partial charge in [0.15, 0.2) is 0 Å². The number of halogens is 1. The van der Waals surface area contributed by atoms with Crippen molar-refractivity contribution in [2.24, 2.45) is 11.8 Å². The van der Waals surface area contributed by atoms with Crippen LogP contribution in [0.1, 0.15) is 73.3 Å². The van der Waals surface area contributed by atoms with E-state index in [0.717, 1.165) is 72.5 Å². The number of hydrogen-bond acceptors (Lipinski definition) is 5. The Balaban J connectivity index is 1.33. The summed E-state index contributed by atoms with van der Waals surface area (Å²) in [7, 11) is 1.58. The van der Waals surface area contributed by atoms with Crippen molar-refractivity contribution in [3.05, 3.63) is 76.7 Å². The van der Waals surface area contributed by atoms with Gasteiger partial charge in [0, 0.05) is 24.4 Å². The largest absolute Gasteiger partial charge is 0.485 e. The highest BCUT2D eigenvalue weighted by Gasteiger charge is 2.39. The Kier molecular flexibility index (Phi) is 7.49. The molecule has 1 saturated heterocycles. The van der Waals surface area contributed by atoms with Crippen LogP contribution in [0.25, 0.3) is 11.1 Å². The van der Waals surface area contributed by atoms with Gasteiger partial charge in [0.2, 0.25) is 5.88 Å². The van der Waals surface area contributed by atoms with E-state index in [2.05, 4.69) is 22.0 Å². The highest BCUT2D eigenvalue weighted by molar-refractivity contribution is 5.71. The molecule has 0 bridgehead atoms. The summed E-state index contributed by atoms with van der Waals surface area (Å²) in [4.78, 5) is 18.5. The Labute approximate surface area is 235 Å². The number of rotatable bonds is 9. The fourth-order valence-corrected chi connectivity index (χ4v) is 6.54. The molecule has 3 atom stereocenters. The van der Waals surface area contributed by atoms with Gasteiger partial charge in [-0.25, -0.2) is 9.37 Å². The first-order valence-corrected chi connectivity index (χ1v) is 14.5. The summed E-state index contributed by atoms with van der Waals surface area (Å²) in [6, 6.07) is 13.5. The highest BCUT2D eigenvalue weighted by atomic mass is 19.1. The third kappa shape index (κ3) is 5.44. The molecule has 210 valence electrons. The summed E-state index contributed by atoms with van der Waals surface area (Å²) >= 11 is 0. The van der Waals surface area contributed by atoms with E-state index < -0.39 is 18.0 Å². The lowest BCUT2D eigenvalue weighted by molar-refractivity contribution is -0.142. The van der Waals surface area contributed by atoms with Crippen LogP contribution < -0.4 is 9.47 Å². The molecule has 0 amide bonds. The van der Waals surface area contributed by atoms with Crippen molar-refractivity contribution in [1.82, 2.24) is 9.88 Å². The van der Waals surface area contributed by atoms with Crippen LogP contribution in [0.4, 0.5) is 4.39 Å². The van der Waals surface area contributed by atoms with Gasteiger partial charge in [0.25, 0.3) is 0 Å². The van der Waals surface area contributed by atoms with E-state index in [1.54, 1.807) is 26.3 Å². The van der Waals surface area contributed by atoms with Gasteiger partial charge in [-0.1, -0.05) is 19.1 Å². The summed E-state index contributed by atoms with van der Waals surface area (Å²) in [6.45, 7) is 4.63. The molecule has 2 fully saturated rings. The summed E-state index contributed by atoms with van der Waals surface area (Å²) in [6.07, 6.45) is 7.24. The zero-order valence-electron chi connectivity index (χ0n) is 23.2. The predicted octanol–water partition coefficient (Wildman–Crippen LogP) is 6.77. The number of pyridine rings is 1. The van der Waals surface area contributed by atoms with E-state index in [1.807, 2.05) is 24.3 Å². The molecule has 2 aliphatic heterocycles. The molecule has 1 unspecified atom stereocenters. The Morgan fingerprint density at radius 3 is 2.67 bits per heavy atom. The quantitative estimate of drug-likeness (QED) is 0.320. The maximum atomic E-state index is 15.9. The molecule has 6 rings (SSSR count). The smallest absolute Gasteiger partial charge is 0.306 e. The van der Waals surface area contributed by atoms with Crippen molar-refractivity contribution in [3.63, 3.8) is 0 Å². The number of hydrogen-bond donors (Lipinski definition) is 1. The number of carboxylic acid groups (broad SMARTS) is 1. The molecule has 6 nitrogen and oxygen atoms in total. The minimum absolute atomic E-state index is 0.0350. The number of fused-ring (bicyclic) bond motifs is 1. The van der Waals surface area contributed by atoms with Crippen molar-refractivity contribution in [2.75, 3.05) is 20.2 Å². The lowest BCUT2D eigenvalue weighted by atomic mass is 9.82. The Morgan fingerprint density at radius 1 is 1.15 bits per heavy atom. The van der Waals surface area contributed by atoms with Crippen LogP contribution in [0.3, 0.4) is 0 Å². The molecule has 40 heavy (non-hydrogen) atoms. The maximum absolute atomic E-state index is 15.9. The number of likely N-dealkylation sites (tertiary alicyclic amines) is 1. The average molecular weight is 545 g/mol. The molecule has 1 aromatic heterocycles. The van der Waals surface area contributed by atoms with Crippen molar-refractivity contribution >= 4 is 5.97 Å². The van der Waals surface area contributed by atoms with E-state index >= 15 is 4.39 Å². The number of methoxy groups -OCH3 is 1. The molecule has 1 N–H and O–H groups in total. The van der Waals surface area contributed by atoms with E-state index in [4.69, 9.17) is 9.47 Å². The van der Waals surface area contributed by atoms with Gasteiger partial charge in [-0.2, -0.15) is 0 Å². The highest BCUT2D eigenvalue weighted by Crippen LogP contribution is 2.48. The molecular weight excluding hydrogens is 507 g/mol. The molecule has 3 aromatic rings. The standard InChI is InChI=1S/C33H37FN2O4/c1-20(33(37)38)32(22-6-7-22)24-8-5-21-9-10-29(40-30(21)16-24)27-15-25(19-36-13-3-4-14-36)26(18-28(27)34)23-11-12-35-31(17-23)39-2/h5,8,11-12,15-18,20,22,29,32H,3-4,6-7,9-10,13-14,19H2,1-2H3,(H,37,38)/t20-,29?,32-/m0/s1. The number of carboxylic acids is 1. The fourth-order valence-electron chi connectivity index (χ4n) is 6.54. The molecule has 1 saturated carbocycles. The SMILES string of the molecule is COc1cc(-c2cc(F)c(C3CCc4ccc([C@H](C5CC5)[C@H](C)C(=O)O)cc4O3)cc2CN2CCCC2)ccn1. The lowest BCUT2D eigenvalue weighted by Gasteiger charge is -2.30. The molecule has 0 radical (unpaired) electrons. The van der Waals surface area contributed by atoms with Crippen LogP contribution in [0.15, 0.2) is 48.7 Å². The van der Waals surface area contributed by atoms with Crippen LogP contribution in [0, 0.1) is 17.7 Å². The summed E-state index contributed by atoms with van der Waals surface area (Å²) < 4.78 is 27.7. The van der Waals surface area contributed by atoms with Crippen molar-refractivity contribution in [1.29, 1.82) is 0 Å². The molecule has 7 heteroatoms. The van der Waals surface area contributed by atoms with E-state index in [1.165, 1.54) is 12.8 Å². The van der Waals surface area contributed by atoms with Crippen LogP contribution in [0.2, 0.25) is 0 Å². The number of benzene rings is 2. The lowest BCUT2D eigenvalue weighted by Crippen LogP contribution is -2.22. The van der Waals surface area contributed by atoms with Gasteiger partial charge in [0.1, 0.15) is 17.7 Å². The van der Waals surface area contributed by atoms with Gasteiger partial charge in [-0.3, -0.25) is 9.69 Å². The summed E-state index contributed by atoms with van der Waals surface area (Å²) in [5, 5.41) is 9.73. The first-order valence-electron chi connectivity index (χ1n) is 14.5. The Morgan fingerprint density at radius 2 is 1.95 bits per heavy atom. The van der Waals surface area contributed by atoms with E-state index in [-0.39, 0.29) is 11.7 Å². The van der Waals surface area contributed by atoms with Gasteiger partial charge in [-0.15, -0.1) is 0 Å². The first kappa shape index (κ1) is 26.8. The fraction of sp³-hybridized carbons (Fsp3) is 0.455. The third-order valence-electron chi connectivity index (χ3n) is 8.90. The number of aliphatic carboxylic acids is 1. The monoisotopic (exact) mass is 544 g/mol. The number of nitrogens with zero attached hydrogens (tertiary/aromatic N) is 2. The second-order valence-corrected chi connectivity index (χ2v) is 11.6. The zero-order chi connectivity index (χ0) is 27.8. The minimum Gasteiger partial charge on any atom is -0.485 e. The predicted molar refractivity (Wildman–Crippen MR) is 151 cm³/mol. The summed E-state index contributed by atoms with van der Waals surface area (Å²) in [5.41, 5.74) is 5.48. The average Bonchev–Trinajstić information content (AvgIpc) is 3.67. The van der Waals surface area contributed by atoms with Crippen LogP contribution in [0.5, 0.6) is 11.6 Å². The van der Waals surface area contributed by atoms with Crippen LogP contribution in [-0.2, 0) is 17.8 Å². The van der Waals surface area contributed by atoms with Gasteiger partial charge >= 0.3 is 5.97 Å². The number of carbonyl (C=O) groups is 1.